The summed E-state index contributed by atoms with van der Waals surface area (Å²) in [5.41, 5.74) is -0.194. The van der Waals surface area contributed by atoms with Crippen LogP contribution >= 0.6 is 23.2 Å². The van der Waals surface area contributed by atoms with E-state index in [2.05, 4.69) is 10.6 Å². The van der Waals surface area contributed by atoms with Crippen molar-refractivity contribution in [1.82, 2.24) is 10.6 Å². The van der Waals surface area contributed by atoms with Crippen molar-refractivity contribution < 1.29 is 19.4 Å². The van der Waals surface area contributed by atoms with Crippen molar-refractivity contribution in [3.8, 4) is 5.75 Å². The summed E-state index contributed by atoms with van der Waals surface area (Å²) in [6.45, 7) is 0.347. The number of halogens is 2. The van der Waals surface area contributed by atoms with Crippen LogP contribution in [0.3, 0.4) is 0 Å². The van der Waals surface area contributed by atoms with Gasteiger partial charge in [0.25, 0.3) is 0 Å². The number of hydrogen-bond donors (Lipinski definition) is 3. The second kappa shape index (κ2) is 9.55. The second-order valence-electron chi connectivity index (χ2n) is 9.52. The highest BCUT2D eigenvalue weighted by Crippen LogP contribution is 2.60. The minimum Gasteiger partial charge on any atom is -0.489 e. The van der Waals surface area contributed by atoms with Gasteiger partial charge in [0.2, 0.25) is 11.8 Å². The molecule has 0 saturated heterocycles. The van der Waals surface area contributed by atoms with Crippen molar-refractivity contribution in [2.45, 2.75) is 51.0 Å². The molecule has 0 aliphatic heterocycles. The van der Waals surface area contributed by atoms with Gasteiger partial charge in [0.15, 0.2) is 0 Å². The Labute approximate surface area is 193 Å². The molecule has 1 atom stereocenters. The van der Waals surface area contributed by atoms with Gasteiger partial charge in [-0.1, -0.05) is 29.3 Å². The maximum atomic E-state index is 12.9. The molecule has 0 spiro atoms. The van der Waals surface area contributed by atoms with Crippen LogP contribution in [0.25, 0.3) is 0 Å². The van der Waals surface area contributed by atoms with Crippen LogP contribution in [0.2, 0.25) is 10.0 Å². The molecule has 3 N–H and O–H groups in total. The number of carbonyl (C=O) groups is 2. The van der Waals surface area contributed by atoms with Crippen LogP contribution in [-0.4, -0.2) is 42.7 Å². The quantitative estimate of drug-likeness (QED) is 0.516. The lowest BCUT2D eigenvalue weighted by molar-refractivity contribution is -0.146. The molecule has 6 nitrogen and oxygen atoms in total. The fourth-order valence-corrected chi connectivity index (χ4v) is 6.37. The van der Waals surface area contributed by atoms with Crippen molar-refractivity contribution in [2.75, 3.05) is 19.7 Å². The molecule has 4 fully saturated rings. The summed E-state index contributed by atoms with van der Waals surface area (Å²) in [7, 11) is 0. The molecule has 4 aliphatic carbocycles. The Balaban J connectivity index is 1.14. The third-order valence-electron chi connectivity index (χ3n) is 7.04. The number of hydrogen-bond acceptors (Lipinski definition) is 4. The van der Waals surface area contributed by atoms with Crippen molar-refractivity contribution in [3.05, 3.63) is 28.2 Å². The average molecular weight is 469 g/mol. The van der Waals surface area contributed by atoms with Crippen LogP contribution in [-0.2, 0) is 9.59 Å². The highest BCUT2D eigenvalue weighted by molar-refractivity contribution is 6.42. The first-order chi connectivity index (χ1) is 14.8. The molecular formula is C23H30Cl2N2O4. The van der Waals surface area contributed by atoms with E-state index in [1.807, 2.05) is 0 Å². The van der Waals surface area contributed by atoms with Crippen LogP contribution in [0.1, 0.15) is 44.9 Å². The lowest BCUT2D eigenvalue weighted by atomic mass is 9.49. The van der Waals surface area contributed by atoms with E-state index in [1.54, 1.807) is 18.2 Å². The van der Waals surface area contributed by atoms with Crippen LogP contribution in [0.4, 0.5) is 0 Å². The summed E-state index contributed by atoms with van der Waals surface area (Å²) < 4.78 is 5.47. The van der Waals surface area contributed by atoms with Gasteiger partial charge in [-0.3, -0.25) is 9.59 Å². The summed E-state index contributed by atoms with van der Waals surface area (Å²) in [5.74, 6) is 2.44. The minimum atomic E-state index is -0.888. The number of amides is 2. The Bertz CT molecular complexity index is 797. The Morgan fingerprint density at radius 1 is 1.10 bits per heavy atom. The minimum absolute atomic E-state index is 0.0247. The van der Waals surface area contributed by atoms with Gasteiger partial charge in [-0.05, 0) is 68.4 Å². The molecule has 170 valence electrons. The monoisotopic (exact) mass is 468 g/mol. The van der Waals surface area contributed by atoms with E-state index < -0.39 is 6.10 Å². The standard InChI is InChI=1S/C23H30Cl2N2O4/c24-18-2-1-3-19(21(18)25)31-13-17(28)12-27-20(29)4-5-26-22(30)23-9-14-6-15(10-23)8-16(7-14)11-23/h1-3,14-17,28H,4-13H2,(H,26,30)(H,27,29). The molecule has 4 saturated carbocycles. The van der Waals surface area contributed by atoms with Gasteiger partial charge in [0.1, 0.15) is 23.5 Å². The maximum Gasteiger partial charge on any atom is 0.226 e. The van der Waals surface area contributed by atoms with Gasteiger partial charge in [-0.2, -0.15) is 0 Å². The maximum absolute atomic E-state index is 12.9. The van der Waals surface area contributed by atoms with E-state index in [4.69, 9.17) is 27.9 Å². The predicted octanol–water partition coefficient (Wildman–Crippen LogP) is 3.57. The highest BCUT2D eigenvalue weighted by atomic mass is 35.5. The average Bonchev–Trinajstić information content (AvgIpc) is 2.72. The first-order valence-corrected chi connectivity index (χ1v) is 11.9. The number of aliphatic hydroxyl groups excluding tert-OH is 1. The number of rotatable bonds is 9. The second-order valence-corrected chi connectivity index (χ2v) is 10.3. The van der Waals surface area contributed by atoms with E-state index >= 15 is 0 Å². The van der Waals surface area contributed by atoms with Gasteiger partial charge < -0.3 is 20.5 Å². The third kappa shape index (κ3) is 5.29. The van der Waals surface area contributed by atoms with Crippen molar-refractivity contribution in [1.29, 1.82) is 0 Å². The van der Waals surface area contributed by atoms with Gasteiger partial charge in [-0.25, -0.2) is 0 Å². The van der Waals surface area contributed by atoms with E-state index in [0.717, 1.165) is 19.3 Å². The van der Waals surface area contributed by atoms with Gasteiger partial charge >= 0.3 is 0 Å². The number of aliphatic hydroxyl groups is 1. The van der Waals surface area contributed by atoms with Crippen molar-refractivity contribution in [3.63, 3.8) is 0 Å². The molecule has 0 aromatic heterocycles. The summed E-state index contributed by atoms with van der Waals surface area (Å²) in [4.78, 5) is 25.0. The first kappa shape index (κ1) is 22.7. The molecule has 31 heavy (non-hydrogen) atoms. The smallest absolute Gasteiger partial charge is 0.226 e. The molecule has 1 unspecified atom stereocenters. The van der Waals surface area contributed by atoms with Crippen molar-refractivity contribution in [2.24, 2.45) is 23.2 Å². The van der Waals surface area contributed by atoms with Crippen molar-refractivity contribution >= 4 is 35.0 Å². The van der Waals surface area contributed by atoms with E-state index in [9.17, 15) is 14.7 Å². The molecule has 4 aliphatic rings. The predicted molar refractivity (Wildman–Crippen MR) is 119 cm³/mol. The highest BCUT2D eigenvalue weighted by Gasteiger charge is 2.54. The molecule has 4 bridgehead atoms. The fraction of sp³-hybridized carbons (Fsp3) is 0.652. The van der Waals surface area contributed by atoms with Crippen LogP contribution in [0.15, 0.2) is 18.2 Å². The molecule has 2 amide bonds. The van der Waals surface area contributed by atoms with E-state index in [0.29, 0.717) is 35.1 Å². The zero-order chi connectivity index (χ0) is 22.0. The summed E-state index contributed by atoms with van der Waals surface area (Å²) in [5, 5.41) is 16.4. The number of ether oxygens (including phenoxy) is 1. The Hall–Kier alpha value is -1.50. The molecule has 1 aromatic rings. The zero-order valence-electron chi connectivity index (χ0n) is 17.5. The molecule has 1 aromatic carbocycles. The number of benzene rings is 1. The van der Waals surface area contributed by atoms with Crippen LogP contribution < -0.4 is 15.4 Å². The SMILES string of the molecule is O=C(CCNC(=O)C12CC3CC(CC(C3)C1)C2)NCC(O)COc1cccc(Cl)c1Cl. The Kier molecular flexibility index (Phi) is 6.99. The van der Waals surface area contributed by atoms with Gasteiger partial charge in [0, 0.05) is 24.9 Å². The third-order valence-corrected chi connectivity index (χ3v) is 7.84. The number of nitrogens with one attached hydrogen (secondary N) is 2. The number of carbonyl (C=O) groups excluding carboxylic acids is 2. The first-order valence-electron chi connectivity index (χ1n) is 11.1. The molecule has 0 radical (unpaired) electrons. The Morgan fingerprint density at radius 2 is 1.74 bits per heavy atom. The van der Waals surface area contributed by atoms with Crippen LogP contribution in [0, 0.1) is 23.2 Å². The molecule has 0 heterocycles. The van der Waals surface area contributed by atoms with E-state index in [-0.39, 0.29) is 41.8 Å². The topological polar surface area (TPSA) is 87.7 Å². The molecule has 5 rings (SSSR count). The Morgan fingerprint density at radius 3 is 2.39 bits per heavy atom. The summed E-state index contributed by atoms with van der Waals surface area (Å²) in [6.07, 6.45) is 6.23. The largest absolute Gasteiger partial charge is 0.489 e. The summed E-state index contributed by atoms with van der Waals surface area (Å²) in [6, 6.07) is 5.01. The summed E-state index contributed by atoms with van der Waals surface area (Å²) >= 11 is 12.0. The normalized spacial score (nSPS) is 29.5. The molecule has 8 heteroatoms. The van der Waals surface area contributed by atoms with Gasteiger partial charge in [0.05, 0.1) is 5.02 Å². The zero-order valence-corrected chi connectivity index (χ0v) is 19.1. The lowest BCUT2D eigenvalue weighted by Gasteiger charge is -2.55. The fourth-order valence-electron chi connectivity index (χ4n) is 6.03. The lowest BCUT2D eigenvalue weighted by Crippen LogP contribution is -2.53. The van der Waals surface area contributed by atoms with E-state index in [1.165, 1.54) is 19.3 Å². The van der Waals surface area contributed by atoms with Crippen LogP contribution in [0.5, 0.6) is 5.75 Å². The molecular weight excluding hydrogens is 439 g/mol. The van der Waals surface area contributed by atoms with Gasteiger partial charge in [-0.15, -0.1) is 0 Å².